The molecule has 2 N–H and O–H groups in total. The molecule has 63 heavy (non-hydrogen) atoms. The Kier molecular flexibility index (Phi) is 17.8. The minimum absolute atomic E-state index is 0. The first-order valence-electron chi connectivity index (χ1n) is 20.7. The van der Waals surface area contributed by atoms with Crippen LogP contribution in [0, 0.1) is 11.8 Å². The van der Waals surface area contributed by atoms with Gasteiger partial charge in [0.1, 0.15) is 0 Å². The lowest BCUT2D eigenvalue weighted by molar-refractivity contribution is -0.138. The summed E-state index contributed by atoms with van der Waals surface area (Å²) in [6.07, 6.45) is -6.03. The van der Waals surface area contributed by atoms with Crippen LogP contribution in [0.1, 0.15) is 35.1 Å². The van der Waals surface area contributed by atoms with Gasteiger partial charge in [0.2, 0.25) is 11.8 Å². The number of hydrogen-bond donors (Lipinski definition) is 0. The molecule has 4 aromatic carbocycles. The monoisotopic (exact) mass is 924 g/mol. The van der Waals surface area contributed by atoms with Crippen molar-refractivity contribution in [1.29, 1.82) is 0 Å². The van der Waals surface area contributed by atoms with Crippen molar-refractivity contribution in [1.82, 2.24) is 9.80 Å². The molecule has 4 saturated heterocycles. The number of anilines is 4. The molecule has 2 atom stereocenters. The third kappa shape index (κ3) is 12.4. The van der Waals surface area contributed by atoms with Crippen LogP contribution in [0.25, 0.3) is 0 Å². The first-order valence-corrected chi connectivity index (χ1v) is 20.7. The largest absolute Gasteiger partial charge is 0.416 e. The fraction of sp³-hybridized carbons (Fsp3) is 0.435. The first-order chi connectivity index (χ1) is 28.7. The highest BCUT2D eigenvalue weighted by Gasteiger charge is 2.37. The number of rotatable bonds is 8. The SMILES string of the molecule is CN1CCN(c2ccccc2CC2CCN(c3ccc(C(F)(F)F)cc3)C2=O)CC1.CN1CCN(c2ccccc2CC2CCN(c3ccc(C(F)(F)F)cc3)C2=O)CC1.Cl.Cl.O. The van der Waals surface area contributed by atoms with E-state index in [1.165, 1.54) is 35.6 Å². The topological polar surface area (TPSA) is 85.1 Å². The third-order valence-electron chi connectivity index (χ3n) is 12.2. The third-order valence-corrected chi connectivity index (χ3v) is 12.2. The Balaban J connectivity index is 0.000000264. The Morgan fingerprint density at radius 1 is 0.476 bits per heavy atom. The highest BCUT2D eigenvalue weighted by molar-refractivity contribution is 5.98. The van der Waals surface area contributed by atoms with Gasteiger partial charge in [0.25, 0.3) is 0 Å². The Labute approximate surface area is 377 Å². The summed E-state index contributed by atoms with van der Waals surface area (Å²) in [5.74, 6) is -0.326. The second kappa shape index (κ2) is 21.9. The minimum Gasteiger partial charge on any atom is -0.412 e. The summed E-state index contributed by atoms with van der Waals surface area (Å²) in [4.78, 5) is 38.6. The molecule has 0 spiro atoms. The average Bonchev–Trinajstić information content (AvgIpc) is 3.79. The van der Waals surface area contributed by atoms with Crippen LogP contribution in [0.3, 0.4) is 0 Å². The molecule has 17 heteroatoms. The van der Waals surface area contributed by atoms with E-state index in [0.717, 1.165) is 87.8 Å². The molecular weight excluding hydrogens is 869 g/mol. The maximum atomic E-state index is 13.0. The zero-order chi connectivity index (χ0) is 42.6. The zero-order valence-corrected chi connectivity index (χ0v) is 37.0. The molecule has 4 fully saturated rings. The minimum atomic E-state index is -4.37. The summed E-state index contributed by atoms with van der Waals surface area (Å²) in [5.41, 5.74) is 4.36. The number of benzene rings is 4. The van der Waals surface area contributed by atoms with Crippen LogP contribution in [0.15, 0.2) is 97.1 Å². The van der Waals surface area contributed by atoms with E-state index in [1.54, 1.807) is 9.80 Å². The molecule has 0 aromatic heterocycles. The van der Waals surface area contributed by atoms with Gasteiger partial charge in [-0.25, -0.2) is 0 Å². The second-order valence-electron chi connectivity index (χ2n) is 16.3. The van der Waals surface area contributed by atoms with Crippen LogP contribution in [-0.2, 0) is 34.8 Å². The summed E-state index contributed by atoms with van der Waals surface area (Å²) in [5, 5.41) is 0. The number of carbonyl (C=O) groups excluding carboxylic acids is 2. The van der Waals surface area contributed by atoms with E-state index in [0.29, 0.717) is 50.1 Å². The molecule has 2 unspecified atom stereocenters. The number of halogens is 8. The zero-order valence-electron chi connectivity index (χ0n) is 35.4. The fourth-order valence-electron chi connectivity index (χ4n) is 8.64. The molecule has 8 rings (SSSR count). The van der Waals surface area contributed by atoms with Gasteiger partial charge in [0.05, 0.1) is 11.1 Å². The second-order valence-corrected chi connectivity index (χ2v) is 16.3. The number of para-hydroxylation sites is 2. The number of nitrogens with zero attached hydrogens (tertiary/aromatic N) is 6. The van der Waals surface area contributed by atoms with Gasteiger partial charge >= 0.3 is 12.4 Å². The van der Waals surface area contributed by atoms with E-state index in [9.17, 15) is 35.9 Å². The van der Waals surface area contributed by atoms with E-state index >= 15 is 0 Å². The summed E-state index contributed by atoms with van der Waals surface area (Å²) in [7, 11) is 4.24. The van der Waals surface area contributed by atoms with Gasteiger partial charge in [-0.05, 0) is 112 Å². The lowest BCUT2D eigenvalue weighted by Gasteiger charge is -2.35. The van der Waals surface area contributed by atoms with Crippen LogP contribution in [0.2, 0.25) is 0 Å². The average molecular weight is 926 g/mol. The predicted molar refractivity (Wildman–Crippen MR) is 242 cm³/mol. The Hall–Kier alpha value is -4.54. The van der Waals surface area contributed by atoms with Gasteiger partial charge in [-0.2, -0.15) is 26.3 Å². The molecule has 344 valence electrons. The van der Waals surface area contributed by atoms with Crippen LogP contribution in [0.5, 0.6) is 0 Å². The highest BCUT2D eigenvalue weighted by Crippen LogP contribution is 2.36. The van der Waals surface area contributed by atoms with Gasteiger partial charge < -0.3 is 34.9 Å². The highest BCUT2D eigenvalue weighted by atomic mass is 35.5. The van der Waals surface area contributed by atoms with Crippen LogP contribution < -0.4 is 19.6 Å². The number of amides is 2. The molecule has 0 radical (unpaired) electrons. The lowest BCUT2D eigenvalue weighted by Crippen LogP contribution is -2.44. The van der Waals surface area contributed by atoms with E-state index in [-0.39, 0.29) is 53.9 Å². The quantitative estimate of drug-likeness (QED) is 0.166. The molecular formula is C46H56Cl2F6N6O3. The number of hydrogen-bond acceptors (Lipinski definition) is 6. The lowest BCUT2D eigenvalue weighted by atomic mass is 9.96. The van der Waals surface area contributed by atoms with Gasteiger partial charge in [-0.1, -0.05) is 36.4 Å². The molecule has 2 amide bonds. The van der Waals surface area contributed by atoms with E-state index in [1.807, 2.05) is 24.3 Å². The Bertz CT molecular complexity index is 1950. The normalized spacial score (nSPS) is 19.8. The van der Waals surface area contributed by atoms with E-state index in [2.05, 4.69) is 58.0 Å². The number of likely N-dealkylation sites (N-methyl/N-ethyl adjacent to an activating group) is 2. The van der Waals surface area contributed by atoms with Crippen molar-refractivity contribution in [3.63, 3.8) is 0 Å². The molecule has 4 heterocycles. The maximum Gasteiger partial charge on any atom is 0.416 e. The number of carbonyl (C=O) groups is 2. The standard InChI is InChI=1S/2C23H26F3N3O.2ClH.H2O/c2*1-27-12-14-28(15-13-27)21-5-3-2-4-17(21)16-18-10-11-29(22(18)30)20-8-6-19(7-9-20)23(24,25)26;;;/h2*2-9,18H,10-16H2,1H3;2*1H;1H2. The first kappa shape index (κ1) is 51.1. The van der Waals surface area contributed by atoms with Gasteiger partial charge in [0.15, 0.2) is 0 Å². The number of alkyl halides is 6. The Morgan fingerprint density at radius 2 is 0.794 bits per heavy atom. The Morgan fingerprint density at radius 3 is 1.11 bits per heavy atom. The van der Waals surface area contributed by atoms with Crippen molar-refractivity contribution >= 4 is 59.4 Å². The van der Waals surface area contributed by atoms with Crippen molar-refractivity contribution in [3.8, 4) is 0 Å². The van der Waals surface area contributed by atoms with E-state index < -0.39 is 23.5 Å². The maximum absolute atomic E-state index is 13.0. The van der Waals surface area contributed by atoms with Crippen LogP contribution in [-0.4, -0.2) is 107 Å². The van der Waals surface area contributed by atoms with Crippen molar-refractivity contribution in [2.45, 2.75) is 38.0 Å². The van der Waals surface area contributed by atoms with Gasteiger partial charge in [0, 0.05) is 100 Å². The summed E-state index contributed by atoms with van der Waals surface area (Å²) < 4.78 is 76.8. The molecule has 4 aromatic rings. The van der Waals surface area contributed by atoms with Crippen LogP contribution >= 0.6 is 24.8 Å². The van der Waals surface area contributed by atoms with E-state index in [4.69, 9.17) is 0 Å². The van der Waals surface area contributed by atoms with Gasteiger partial charge in [-0.3, -0.25) is 9.59 Å². The van der Waals surface area contributed by atoms with Crippen molar-refractivity contribution in [2.24, 2.45) is 11.8 Å². The molecule has 0 saturated carbocycles. The predicted octanol–water partition coefficient (Wildman–Crippen LogP) is 8.12. The fourth-order valence-corrected chi connectivity index (χ4v) is 8.64. The van der Waals surface area contributed by atoms with Crippen molar-refractivity contribution in [3.05, 3.63) is 119 Å². The summed E-state index contributed by atoms with van der Waals surface area (Å²) >= 11 is 0. The molecule has 9 nitrogen and oxygen atoms in total. The van der Waals surface area contributed by atoms with Gasteiger partial charge in [-0.15, -0.1) is 24.8 Å². The molecule has 0 aliphatic carbocycles. The molecule has 4 aliphatic rings. The summed E-state index contributed by atoms with van der Waals surface area (Å²) in [6, 6.07) is 26.2. The molecule has 4 aliphatic heterocycles. The van der Waals surface area contributed by atoms with Crippen molar-refractivity contribution in [2.75, 3.05) is 99.1 Å². The number of piperazine rings is 2. The summed E-state index contributed by atoms with van der Waals surface area (Å²) in [6.45, 7) is 8.96. The van der Waals surface area contributed by atoms with Crippen LogP contribution in [0.4, 0.5) is 49.1 Å². The molecule has 0 bridgehead atoms. The smallest absolute Gasteiger partial charge is 0.412 e. The van der Waals surface area contributed by atoms with Crippen molar-refractivity contribution < 1.29 is 41.4 Å².